The number of aryl methyl sites for hydroxylation is 1. The smallest absolute Gasteiger partial charge is 0.308 e. The second-order valence-electron chi connectivity index (χ2n) is 7.34. The molecular weight excluding hydrogens is 348 g/mol. The highest BCUT2D eigenvalue weighted by atomic mass is 32.1. The number of nitrogens with zero attached hydrogens (tertiary/aromatic N) is 2. The summed E-state index contributed by atoms with van der Waals surface area (Å²) >= 11 is 1.43. The highest BCUT2D eigenvalue weighted by molar-refractivity contribution is 7.13. The summed E-state index contributed by atoms with van der Waals surface area (Å²) in [6.07, 6.45) is 2.90. The SMILES string of the molecule is Cc1nc(Cc2ccccc2)sc1C(=O)N1C[C@H](C(=O)O)[C@@H](C2CC2)C1. The van der Waals surface area contributed by atoms with Gasteiger partial charge >= 0.3 is 5.97 Å². The lowest BCUT2D eigenvalue weighted by atomic mass is 9.92. The molecule has 1 saturated carbocycles. The van der Waals surface area contributed by atoms with Crippen molar-refractivity contribution >= 4 is 23.2 Å². The van der Waals surface area contributed by atoms with E-state index in [2.05, 4.69) is 17.1 Å². The maximum absolute atomic E-state index is 13.0. The van der Waals surface area contributed by atoms with Crippen molar-refractivity contribution in [2.24, 2.45) is 17.8 Å². The predicted molar refractivity (Wildman–Crippen MR) is 99.3 cm³/mol. The Labute approximate surface area is 156 Å². The van der Waals surface area contributed by atoms with Gasteiger partial charge in [0.2, 0.25) is 0 Å². The van der Waals surface area contributed by atoms with E-state index in [0.717, 1.165) is 23.5 Å². The molecule has 2 aliphatic rings. The van der Waals surface area contributed by atoms with Crippen molar-refractivity contribution in [2.75, 3.05) is 13.1 Å². The normalized spacial score (nSPS) is 22.6. The first-order chi connectivity index (χ1) is 12.5. The van der Waals surface area contributed by atoms with E-state index in [-0.39, 0.29) is 11.8 Å². The fourth-order valence-electron chi connectivity index (χ4n) is 3.90. The Morgan fingerprint density at radius 2 is 1.96 bits per heavy atom. The predicted octanol–water partition coefficient (Wildman–Crippen LogP) is 3.23. The first-order valence-electron chi connectivity index (χ1n) is 9.05. The fraction of sp³-hybridized carbons (Fsp3) is 0.450. The Morgan fingerprint density at radius 3 is 2.62 bits per heavy atom. The molecule has 1 amide bonds. The van der Waals surface area contributed by atoms with E-state index >= 15 is 0 Å². The van der Waals surface area contributed by atoms with Crippen LogP contribution in [-0.2, 0) is 11.2 Å². The molecule has 5 nitrogen and oxygen atoms in total. The quantitative estimate of drug-likeness (QED) is 0.877. The molecule has 0 unspecified atom stereocenters. The van der Waals surface area contributed by atoms with Crippen LogP contribution in [0.2, 0.25) is 0 Å². The summed E-state index contributed by atoms with van der Waals surface area (Å²) in [5.41, 5.74) is 1.91. The third-order valence-corrected chi connectivity index (χ3v) is 6.58. The average Bonchev–Trinajstić information content (AvgIpc) is 3.26. The van der Waals surface area contributed by atoms with Gasteiger partial charge in [0.1, 0.15) is 4.88 Å². The zero-order chi connectivity index (χ0) is 18.3. The molecule has 6 heteroatoms. The van der Waals surface area contributed by atoms with Crippen LogP contribution in [0.3, 0.4) is 0 Å². The number of aliphatic carboxylic acids is 1. The van der Waals surface area contributed by atoms with Gasteiger partial charge in [0.05, 0.1) is 16.6 Å². The molecular formula is C20H22N2O3S. The van der Waals surface area contributed by atoms with Crippen LogP contribution in [-0.4, -0.2) is 40.0 Å². The van der Waals surface area contributed by atoms with Crippen molar-refractivity contribution < 1.29 is 14.7 Å². The van der Waals surface area contributed by atoms with Gasteiger partial charge < -0.3 is 10.0 Å². The molecule has 1 aliphatic carbocycles. The summed E-state index contributed by atoms with van der Waals surface area (Å²) in [4.78, 5) is 31.5. The van der Waals surface area contributed by atoms with Crippen LogP contribution in [0.25, 0.3) is 0 Å². The topological polar surface area (TPSA) is 70.5 Å². The van der Waals surface area contributed by atoms with Crippen molar-refractivity contribution in [3.05, 3.63) is 51.5 Å². The Balaban J connectivity index is 1.50. The van der Waals surface area contributed by atoms with E-state index in [4.69, 9.17) is 0 Å². The van der Waals surface area contributed by atoms with Crippen LogP contribution in [0.5, 0.6) is 0 Å². The van der Waals surface area contributed by atoms with Gasteiger partial charge in [0.15, 0.2) is 0 Å². The van der Waals surface area contributed by atoms with Crippen LogP contribution in [0.4, 0.5) is 0 Å². The fourth-order valence-corrected chi connectivity index (χ4v) is 4.97. The molecule has 1 aromatic carbocycles. The molecule has 2 aromatic rings. The van der Waals surface area contributed by atoms with Crippen molar-refractivity contribution in [3.8, 4) is 0 Å². The molecule has 2 heterocycles. The summed E-state index contributed by atoms with van der Waals surface area (Å²) in [7, 11) is 0. The number of amides is 1. The van der Waals surface area contributed by atoms with E-state index < -0.39 is 11.9 Å². The molecule has 0 spiro atoms. The van der Waals surface area contributed by atoms with Crippen molar-refractivity contribution in [1.29, 1.82) is 0 Å². The van der Waals surface area contributed by atoms with Gasteiger partial charge in [-0.25, -0.2) is 4.98 Å². The minimum absolute atomic E-state index is 0.0614. The van der Waals surface area contributed by atoms with Gasteiger partial charge in [-0.3, -0.25) is 9.59 Å². The molecule has 1 saturated heterocycles. The Bertz CT molecular complexity index is 829. The van der Waals surface area contributed by atoms with Gasteiger partial charge in [-0.05, 0) is 37.2 Å². The molecule has 2 atom stereocenters. The molecule has 0 bridgehead atoms. The second-order valence-corrected chi connectivity index (χ2v) is 8.42. The third kappa shape index (κ3) is 3.38. The Kier molecular flexibility index (Phi) is 4.53. The summed E-state index contributed by atoms with van der Waals surface area (Å²) in [6.45, 7) is 2.74. The standard InChI is InChI=1S/C20H22N2O3S/c1-12-18(26-17(21-12)9-13-5-3-2-4-6-13)19(23)22-10-15(14-7-8-14)16(11-22)20(24)25/h2-6,14-16H,7-11H2,1H3,(H,24,25)/t15-,16+/m1/s1. The van der Waals surface area contributed by atoms with E-state index in [9.17, 15) is 14.7 Å². The number of carbonyl (C=O) groups is 2. The number of rotatable bonds is 5. The third-order valence-electron chi connectivity index (χ3n) is 5.43. The number of carboxylic acids is 1. The van der Waals surface area contributed by atoms with E-state index in [0.29, 0.717) is 30.3 Å². The average molecular weight is 370 g/mol. The highest BCUT2D eigenvalue weighted by Crippen LogP contribution is 2.44. The first kappa shape index (κ1) is 17.2. The largest absolute Gasteiger partial charge is 0.481 e. The van der Waals surface area contributed by atoms with Crippen LogP contribution < -0.4 is 0 Å². The lowest BCUT2D eigenvalue weighted by molar-refractivity contribution is -0.142. The number of thiazole rings is 1. The molecule has 1 aromatic heterocycles. The van der Waals surface area contributed by atoms with Crippen LogP contribution in [0.15, 0.2) is 30.3 Å². The minimum atomic E-state index is -0.775. The second kappa shape index (κ2) is 6.83. The van der Waals surface area contributed by atoms with E-state index in [1.54, 1.807) is 4.90 Å². The number of benzene rings is 1. The van der Waals surface area contributed by atoms with Crippen LogP contribution in [0.1, 0.15) is 38.8 Å². The molecule has 26 heavy (non-hydrogen) atoms. The minimum Gasteiger partial charge on any atom is -0.481 e. The lowest BCUT2D eigenvalue weighted by Gasteiger charge is -2.15. The zero-order valence-corrected chi connectivity index (χ0v) is 15.5. The van der Waals surface area contributed by atoms with Crippen molar-refractivity contribution in [1.82, 2.24) is 9.88 Å². The molecule has 1 N–H and O–H groups in total. The van der Waals surface area contributed by atoms with Crippen molar-refractivity contribution in [2.45, 2.75) is 26.2 Å². The molecule has 4 rings (SSSR count). The zero-order valence-electron chi connectivity index (χ0n) is 14.7. The number of hydrogen-bond donors (Lipinski definition) is 1. The van der Waals surface area contributed by atoms with Gasteiger partial charge in [-0.1, -0.05) is 30.3 Å². The molecule has 2 fully saturated rings. The van der Waals surface area contributed by atoms with Gasteiger partial charge in [-0.15, -0.1) is 11.3 Å². The summed E-state index contributed by atoms with van der Waals surface area (Å²) in [6, 6.07) is 10.1. The van der Waals surface area contributed by atoms with Crippen LogP contribution >= 0.6 is 11.3 Å². The van der Waals surface area contributed by atoms with Crippen molar-refractivity contribution in [3.63, 3.8) is 0 Å². The Morgan fingerprint density at radius 1 is 1.23 bits per heavy atom. The number of carboxylic acid groups (broad SMARTS) is 1. The number of likely N-dealkylation sites (tertiary alicyclic amines) is 1. The van der Waals surface area contributed by atoms with Crippen LogP contribution in [0, 0.1) is 24.7 Å². The first-order valence-corrected chi connectivity index (χ1v) is 9.87. The highest BCUT2D eigenvalue weighted by Gasteiger charge is 2.47. The number of aromatic nitrogens is 1. The summed E-state index contributed by atoms with van der Waals surface area (Å²) < 4.78 is 0. The Hall–Kier alpha value is -2.21. The molecule has 0 radical (unpaired) electrons. The van der Waals surface area contributed by atoms with Gasteiger partial charge in [0, 0.05) is 19.5 Å². The van der Waals surface area contributed by atoms with E-state index in [1.165, 1.54) is 16.9 Å². The monoisotopic (exact) mass is 370 g/mol. The molecule has 1 aliphatic heterocycles. The maximum Gasteiger partial charge on any atom is 0.308 e. The van der Waals surface area contributed by atoms with Gasteiger partial charge in [-0.2, -0.15) is 0 Å². The molecule has 136 valence electrons. The number of hydrogen-bond acceptors (Lipinski definition) is 4. The lowest BCUT2D eigenvalue weighted by Crippen LogP contribution is -2.29. The maximum atomic E-state index is 13.0. The van der Waals surface area contributed by atoms with E-state index in [1.807, 2.05) is 25.1 Å². The summed E-state index contributed by atoms with van der Waals surface area (Å²) in [5.74, 6) is -0.682. The van der Waals surface area contributed by atoms with Gasteiger partial charge in [0.25, 0.3) is 5.91 Å². The summed E-state index contributed by atoms with van der Waals surface area (Å²) in [5, 5.41) is 10.4. The number of carbonyl (C=O) groups excluding carboxylic acids is 1.